The highest BCUT2D eigenvalue weighted by atomic mass is 19.4. The molecule has 1 heterocycles. The van der Waals surface area contributed by atoms with Gasteiger partial charge in [-0.3, -0.25) is 10.3 Å². The van der Waals surface area contributed by atoms with Gasteiger partial charge in [-0.1, -0.05) is 11.3 Å². The van der Waals surface area contributed by atoms with E-state index in [4.69, 9.17) is 16.0 Å². The number of carbonyl (C=O) groups is 1. The van der Waals surface area contributed by atoms with Crippen LogP contribution >= 0.6 is 0 Å². The fourth-order valence-corrected chi connectivity index (χ4v) is 2.88. The standard InChI is InChI=1S/C18H25F3N6O2/c1-17(2,3)29-16(28)27-8-6-26(7-9-27)11-12-4-5-13(18(19,20)21)10-14(12)15(22)24-25-23/h4-5,10H,6-9,11H2,1-3H3,(H3,22,23,24). The van der Waals surface area contributed by atoms with Crippen LogP contribution in [-0.2, 0) is 17.5 Å². The summed E-state index contributed by atoms with van der Waals surface area (Å²) >= 11 is 0. The van der Waals surface area contributed by atoms with E-state index in [0.717, 1.165) is 12.1 Å². The SMILES string of the molecule is CC(C)(C)OC(=O)N1CCN(Cc2ccc(C(F)(F)F)cc2C(=N)N=NN)CC1. The fourth-order valence-electron chi connectivity index (χ4n) is 2.88. The van der Waals surface area contributed by atoms with Crippen molar-refractivity contribution in [3.05, 3.63) is 34.9 Å². The summed E-state index contributed by atoms with van der Waals surface area (Å²) in [4.78, 5) is 15.7. The van der Waals surface area contributed by atoms with Crippen molar-refractivity contribution in [3.63, 3.8) is 0 Å². The smallest absolute Gasteiger partial charge is 0.416 e. The maximum absolute atomic E-state index is 13.0. The molecular formula is C18H25F3N6O2. The van der Waals surface area contributed by atoms with Crippen LogP contribution in [0, 0.1) is 5.41 Å². The second-order valence-corrected chi connectivity index (χ2v) is 7.68. The summed E-state index contributed by atoms with van der Waals surface area (Å²) in [6.45, 7) is 7.59. The van der Waals surface area contributed by atoms with Crippen molar-refractivity contribution in [2.75, 3.05) is 26.2 Å². The summed E-state index contributed by atoms with van der Waals surface area (Å²) in [5.74, 6) is 4.50. The molecule has 0 aliphatic carbocycles. The highest BCUT2D eigenvalue weighted by Gasteiger charge is 2.32. The number of ether oxygens (including phenoxy) is 1. The zero-order valence-electron chi connectivity index (χ0n) is 16.6. The van der Waals surface area contributed by atoms with Gasteiger partial charge in [0.1, 0.15) is 5.60 Å². The largest absolute Gasteiger partial charge is 0.444 e. The molecule has 3 N–H and O–H groups in total. The second-order valence-electron chi connectivity index (χ2n) is 7.68. The molecule has 29 heavy (non-hydrogen) atoms. The quantitative estimate of drug-likeness (QED) is 0.260. The van der Waals surface area contributed by atoms with Gasteiger partial charge in [0, 0.05) is 38.3 Å². The Morgan fingerprint density at radius 3 is 2.34 bits per heavy atom. The Balaban J connectivity index is 2.10. The van der Waals surface area contributed by atoms with Crippen molar-refractivity contribution in [2.45, 2.75) is 39.1 Å². The molecule has 1 aromatic carbocycles. The molecule has 0 bridgehead atoms. The topological polar surface area (TPSA) is 107 Å². The number of piperazine rings is 1. The molecule has 0 radical (unpaired) electrons. The Morgan fingerprint density at radius 1 is 1.21 bits per heavy atom. The number of nitrogens with zero attached hydrogens (tertiary/aromatic N) is 4. The van der Waals surface area contributed by atoms with Crippen molar-refractivity contribution in [2.24, 2.45) is 16.2 Å². The first-order chi connectivity index (χ1) is 13.4. The van der Waals surface area contributed by atoms with Gasteiger partial charge in [0.2, 0.25) is 0 Å². The molecule has 1 saturated heterocycles. The molecule has 0 unspecified atom stereocenters. The summed E-state index contributed by atoms with van der Waals surface area (Å²) in [5.41, 5.74) is -0.936. The highest BCUT2D eigenvalue weighted by Crippen LogP contribution is 2.31. The normalized spacial score (nSPS) is 16.3. The third-order valence-corrected chi connectivity index (χ3v) is 4.27. The average Bonchev–Trinajstić information content (AvgIpc) is 2.60. The summed E-state index contributed by atoms with van der Waals surface area (Å²) in [6, 6.07) is 3.19. The van der Waals surface area contributed by atoms with Crippen LogP contribution in [0.5, 0.6) is 0 Å². The molecule has 8 nitrogen and oxygen atoms in total. The summed E-state index contributed by atoms with van der Waals surface area (Å²) < 4.78 is 44.5. The average molecular weight is 414 g/mol. The van der Waals surface area contributed by atoms with Crippen molar-refractivity contribution in [3.8, 4) is 0 Å². The number of carbonyl (C=O) groups excluding carboxylic acids is 1. The number of nitrogens with two attached hydrogens (primary N) is 1. The molecule has 1 aliphatic heterocycles. The van der Waals surface area contributed by atoms with Crippen molar-refractivity contribution >= 4 is 11.9 Å². The van der Waals surface area contributed by atoms with E-state index in [9.17, 15) is 18.0 Å². The van der Waals surface area contributed by atoms with Crippen LogP contribution in [0.3, 0.4) is 0 Å². The first kappa shape index (κ1) is 22.6. The minimum absolute atomic E-state index is 0.0172. The molecule has 1 fully saturated rings. The van der Waals surface area contributed by atoms with Crippen LogP contribution in [0.1, 0.15) is 37.5 Å². The van der Waals surface area contributed by atoms with Gasteiger partial charge in [0.05, 0.1) is 5.56 Å². The Labute approximate surface area is 167 Å². The zero-order valence-corrected chi connectivity index (χ0v) is 16.6. The number of rotatable bonds is 3. The van der Waals surface area contributed by atoms with Crippen molar-refractivity contribution in [1.29, 1.82) is 5.41 Å². The summed E-state index contributed by atoms with van der Waals surface area (Å²) in [7, 11) is 0. The van der Waals surface area contributed by atoms with E-state index in [1.54, 1.807) is 25.7 Å². The number of hydrogen-bond acceptors (Lipinski definition) is 5. The minimum Gasteiger partial charge on any atom is -0.444 e. The maximum Gasteiger partial charge on any atom is 0.416 e. The molecule has 1 aliphatic rings. The fraction of sp³-hybridized carbons (Fsp3) is 0.556. The predicted molar refractivity (Wildman–Crippen MR) is 100 cm³/mol. The van der Waals surface area contributed by atoms with Gasteiger partial charge in [-0.2, -0.15) is 13.2 Å². The lowest BCUT2D eigenvalue weighted by atomic mass is 10.0. The Kier molecular flexibility index (Phi) is 6.83. The first-order valence-electron chi connectivity index (χ1n) is 9.01. The Morgan fingerprint density at radius 2 is 1.83 bits per heavy atom. The van der Waals surface area contributed by atoms with E-state index < -0.39 is 29.3 Å². The third kappa shape index (κ3) is 6.41. The molecule has 11 heteroatoms. The zero-order chi connectivity index (χ0) is 21.8. The molecule has 0 atom stereocenters. The maximum atomic E-state index is 13.0. The lowest BCUT2D eigenvalue weighted by Gasteiger charge is -2.35. The number of halogens is 3. The van der Waals surface area contributed by atoms with Gasteiger partial charge in [-0.25, -0.2) is 4.79 Å². The van der Waals surface area contributed by atoms with Crippen LogP contribution in [-0.4, -0.2) is 53.5 Å². The molecule has 1 aromatic rings. The van der Waals surface area contributed by atoms with E-state index >= 15 is 0 Å². The molecule has 160 valence electrons. The van der Waals surface area contributed by atoms with Crippen LogP contribution < -0.4 is 5.84 Å². The number of benzene rings is 1. The van der Waals surface area contributed by atoms with Gasteiger partial charge < -0.3 is 15.5 Å². The summed E-state index contributed by atoms with van der Waals surface area (Å²) in [5, 5.41) is 14.2. The Bertz CT molecular complexity index is 781. The van der Waals surface area contributed by atoms with Crippen LogP contribution in [0.15, 0.2) is 28.5 Å². The van der Waals surface area contributed by atoms with Gasteiger partial charge in [-0.05, 0) is 38.5 Å². The molecule has 0 saturated carbocycles. The first-order valence-corrected chi connectivity index (χ1v) is 9.01. The predicted octanol–water partition coefficient (Wildman–Crippen LogP) is 3.41. The summed E-state index contributed by atoms with van der Waals surface area (Å²) in [6.07, 6.45) is -4.93. The van der Waals surface area contributed by atoms with Crippen molar-refractivity contribution in [1.82, 2.24) is 9.80 Å². The molecular weight excluding hydrogens is 389 g/mol. The van der Waals surface area contributed by atoms with E-state index in [-0.39, 0.29) is 5.56 Å². The molecule has 0 aromatic heterocycles. The van der Waals surface area contributed by atoms with Gasteiger partial charge in [0.15, 0.2) is 5.84 Å². The number of amidine groups is 1. The minimum atomic E-state index is -4.54. The second kappa shape index (κ2) is 8.76. The number of nitrogens with one attached hydrogen (secondary N) is 1. The highest BCUT2D eigenvalue weighted by molar-refractivity contribution is 5.98. The lowest BCUT2D eigenvalue weighted by molar-refractivity contribution is -0.137. The van der Waals surface area contributed by atoms with Crippen molar-refractivity contribution < 1.29 is 22.7 Å². The van der Waals surface area contributed by atoms with E-state index in [1.165, 1.54) is 6.07 Å². The van der Waals surface area contributed by atoms with Gasteiger partial charge >= 0.3 is 12.3 Å². The number of amides is 1. The van der Waals surface area contributed by atoms with E-state index in [1.807, 2.05) is 4.90 Å². The van der Waals surface area contributed by atoms with Crippen LogP contribution in [0.4, 0.5) is 18.0 Å². The number of alkyl halides is 3. The van der Waals surface area contributed by atoms with E-state index in [0.29, 0.717) is 38.3 Å². The molecule has 2 rings (SSSR count). The van der Waals surface area contributed by atoms with E-state index in [2.05, 4.69) is 10.3 Å². The van der Waals surface area contributed by atoms with Crippen LogP contribution in [0.25, 0.3) is 0 Å². The van der Waals surface area contributed by atoms with Gasteiger partial charge in [-0.15, -0.1) is 5.11 Å². The number of hydrogen-bond donors (Lipinski definition) is 2. The monoisotopic (exact) mass is 414 g/mol. The van der Waals surface area contributed by atoms with Crippen LogP contribution in [0.2, 0.25) is 0 Å². The third-order valence-electron chi connectivity index (χ3n) is 4.27. The molecule has 1 amide bonds. The Hall–Kier alpha value is -2.69. The molecule has 0 spiro atoms. The van der Waals surface area contributed by atoms with Gasteiger partial charge in [0.25, 0.3) is 0 Å². The lowest BCUT2D eigenvalue weighted by Crippen LogP contribution is -2.49.